The number of guanidine groups is 1. The molecule has 0 radical (unpaired) electrons. The molecule has 0 saturated heterocycles. The predicted octanol–water partition coefficient (Wildman–Crippen LogP) is -0.347. The summed E-state index contributed by atoms with van der Waals surface area (Å²) in [6.07, 6.45) is 1.05. The average Bonchev–Trinajstić information content (AvgIpc) is 1.80. The minimum absolute atomic E-state index is 0.190. The maximum atomic E-state index is 8.74. The molecule has 86 valence electrons. The van der Waals surface area contributed by atoms with Crippen molar-refractivity contribution in [2.24, 2.45) is 22.4 Å². The fourth-order valence-corrected chi connectivity index (χ4v) is 0.452. The van der Waals surface area contributed by atoms with E-state index in [9.17, 15) is 0 Å². The molecule has 7 nitrogen and oxygen atoms in total. The lowest BCUT2D eigenvalue weighted by Gasteiger charge is -1.98. The molecule has 6 N–H and O–H groups in total. The third-order valence-corrected chi connectivity index (χ3v) is 1.00. The third-order valence-electron chi connectivity index (χ3n) is 1.00. The van der Waals surface area contributed by atoms with E-state index < -0.39 is 10.4 Å². The topological polar surface area (TPSA) is 139 Å². The molecule has 0 saturated carbocycles. The molecule has 0 fully saturated rings. The minimum atomic E-state index is -4.67. The van der Waals surface area contributed by atoms with Gasteiger partial charge in [0.05, 0.1) is 0 Å². The Hall–Kier alpha value is -0.860. The van der Waals surface area contributed by atoms with E-state index in [-0.39, 0.29) is 5.96 Å². The Labute approximate surface area is 83.8 Å². The van der Waals surface area contributed by atoms with E-state index >= 15 is 0 Å². The highest BCUT2D eigenvalue weighted by atomic mass is 32.3. The van der Waals surface area contributed by atoms with Crippen molar-refractivity contribution >= 4 is 16.4 Å². The van der Waals surface area contributed by atoms with Crippen molar-refractivity contribution in [1.82, 2.24) is 0 Å². The van der Waals surface area contributed by atoms with Crippen LogP contribution >= 0.6 is 0 Å². The van der Waals surface area contributed by atoms with Gasteiger partial charge in [-0.3, -0.25) is 14.1 Å². The lowest BCUT2D eigenvalue weighted by atomic mass is 10.1. The van der Waals surface area contributed by atoms with Gasteiger partial charge >= 0.3 is 10.4 Å². The molecule has 0 amide bonds. The zero-order valence-electron chi connectivity index (χ0n) is 8.21. The van der Waals surface area contributed by atoms with Gasteiger partial charge in [0.2, 0.25) is 0 Å². The standard InChI is InChI=1S/C6H15N3.H2O4S/c1-5(2)3-4-9-6(7)8;1-5(2,3)4/h5H,3-4H2,1-2H3,(H4,7,8,9);(H2,1,2,3,4). The summed E-state index contributed by atoms with van der Waals surface area (Å²) in [5.74, 6) is 0.865. The summed E-state index contributed by atoms with van der Waals surface area (Å²) in [5, 5.41) is 0. The minimum Gasteiger partial charge on any atom is -0.370 e. The van der Waals surface area contributed by atoms with Crippen LogP contribution in [-0.4, -0.2) is 30.0 Å². The number of aliphatic imine (C=N–C) groups is 1. The van der Waals surface area contributed by atoms with Crippen LogP contribution < -0.4 is 11.5 Å². The third kappa shape index (κ3) is 43.4. The molecular weight excluding hydrogens is 210 g/mol. The molecule has 0 bridgehead atoms. The normalized spacial score (nSPS) is 10.4. The number of hydrogen-bond donors (Lipinski definition) is 4. The van der Waals surface area contributed by atoms with E-state index in [1.807, 2.05) is 0 Å². The monoisotopic (exact) mass is 227 g/mol. The largest absolute Gasteiger partial charge is 0.394 e. The van der Waals surface area contributed by atoms with E-state index in [0.717, 1.165) is 13.0 Å². The fourth-order valence-electron chi connectivity index (χ4n) is 0.452. The summed E-state index contributed by atoms with van der Waals surface area (Å²) in [4.78, 5) is 3.84. The molecular formula is C6H17N3O4S. The second kappa shape index (κ2) is 7.54. The van der Waals surface area contributed by atoms with Crippen molar-refractivity contribution in [3.63, 3.8) is 0 Å². The Kier molecular flexibility index (Phi) is 8.40. The Balaban J connectivity index is 0. The van der Waals surface area contributed by atoms with Crippen LogP contribution in [0.5, 0.6) is 0 Å². The van der Waals surface area contributed by atoms with Crippen molar-refractivity contribution < 1.29 is 17.5 Å². The molecule has 8 heteroatoms. The van der Waals surface area contributed by atoms with Crippen LogP contribution in [0.15, 0.2) is 4.99 Å². The lowest BCUT2D eigenvalue weighted by Crippen LogP contribution is -2.23. The van der Waals surface area contributed by atoms with Crippen LogP contribution in [0.3, 0.4) is 0 Å². The number of rotatable bonds is 3. The molecule has 0 aromatic carbocycles. The molecule has 0 unspecified atom stereocenters. The van der Waals surface area contributed by atoms with Gasteiger partial charge in [0.25, 0.3) is 0 Å². The molecule has 0 heterocycles. The van der Waals surface area contributed by atoms with Gasteiger partial charge in [0.15, 0.2) is 5.96 Å². The Morgan fingerprint density at radius 1 is 1.36 bits per heavy atom. The van der Waals surface area contributed by atoms with Crippen LogP contribution in [0.2, 0.25) is 0 Å². The zero-order chi connectivity index (χ0) is 11.8. The van der Waals surface area contributed by atoms with Gasteiger partial charge in [-0.2, -0.15) is 8.42 Å². The van der Waals surface area contributed by atoms with Crippen LogP contribution in [0.4, 0.5) is 0 Å². The highest BCUT2D eigenvalue weighted by molar-refractivity contribution is 7.79. The highest BCUT2D eigenvalue weighted by Gasteiger charge is 1.90. The first-order valence-corrected chi connectivity index (χ1v) is 5.28. The van der Waals surface area contributed by atoms with Crippen molar-refractivity contribution in [1.29, 1.82) is 0 Å². The van der Waals surface area contributed by atoms with Crippen LogP contribution in [0.1, 0.15) is 20.3 Å². The summed E-state index contributed by atoms with van der Waals surface area (Å²) in [6.45, 7) is 5.03. The maximum absolute atomic E-state index is 8.74. The van der Waals surface area contributed by atoms with E-state index in [1.54, 1.807) is 0 Å². The SMILES string of the molecule is CC(C)CCN=C(N)N.O=S(=O)(O)O. The summed E-state index contributed by atoms with van der Waals surface area (Å²) in [7, 11) is -4.67. The van der Waals surface area contributed by atoms with Gasteiger partial charge in [0.1, 0.15) is 0 Å². The van der Waals surface area contributed by atoms with Crippen molar-refractivity contribution in [3.8, 4) is 0 Å². The molecule has 14 heavy (non-hydrogen) atoms. The maximum Gasteiger partial charge on any atom is 0.394 e. The van der Waals surface area contributed by atoms with Crippen molar-refractivity contribution in [3.05, 3.63) is 0 Å². The zero-order valence-corrected chi connectivity index (χ0v) is 9.03. The molecule has 0 aliphatic carbocycles. The molecule has 0 aliphatic heterocycles. The van der Waals surface area contributed by atoms with Gasteiger partial charge in [-0.05, 0) is 12.3 Å². The quantitative estimate of drug-likeness (QED) is 0.295. The fraction of sp³-hybridized carbons (Fsp3) is 0.833. The van der Waals surface area contributed by atoms with Crippen molar-refractivity contribution in [2.45, 2.75) is 20.3 Å². The number of hydrogen-bond acceptors (Lipinski definition) is 3. The van der Waals surface area contributed by atoms with Gasteiger partial charge < -0.3 is 11.5 Å². The number of nitrogens with zero attached hydrogens (tertiary/aromatic N) is 1. The second-order valence-corrected chi connectivity index (χ2v) is 3.83. The van der Waals surface area contributed by atoms with Crippen LogP contribution in [0.25, 0.3) is 0 Å². The van der Waals surface area contributed by atoms with Gasteiger partial charge in [-0.15, -0.1) is 0 Å². The smallest absolute Gasteiger partial charge is 0.370 e. The number of nitrogens with two attached hydrogens (primary N) is 2. The summed E-state index contributed by atoms with van der Waals surface area (Å²) < 4.78 is 31.6. The van der Waals surface area contributed by atoms with E-state index in [0.29, 0.717) is 5.92 Å². The van der Waals surface area contributed by atoms with Gasteiger partial charge in [0, 0.05) is 6.54 Å². The van der Waals surface area contributed by atoms with Crippen molar-refractivity contribution in [2.75, 3.05) is 6.54 Å². The Bertz CT molecular complexity index is 248. The van der Waals surface area contributed by atoms with Crippen LogP contribution in [-0.2, 0) is 10.4 Å². The summed E-state index contributed by atoms with van der Waals surface area (Å²) in [6, 6.07) is 0. The summed E-state index contributed by atoms with van der Waals surface area (Å²) in [5.41, 5.74) is 10.2. The predicted molar refractivity (Wildman–Crippen MR) is 54.3 cm³/mol. The van der Waals surface area contributed by atoms with E-state index in [1.165, 1.54) is 0 Å². The van der Waals surface area contributed by atoms with Gasteiger partial charge in [-0.25, -0.2) is 0 Å². The first-order chi connectivity index (χ1) is 6.13. The summed E-state index contributed by atoms with van der Waals surface area (Å²) >= 11 is 0. The molecule has 0 spiro atoms. The second-order valence-electron chi connectivity index (χ2n) is 2.94. The first kappa shape index (κ1) is 15.6. The van der Waals surface area contributed by atoms with E-state index in [2.05, 4.69) is 18.8 Å². The Morgan fingerprint density at radius 3 is 1.93 bits per heavy atom. The average molecular weight is 227 g/mol. The lowest BCUT2D eigenvalue weighted by molar-refractivity contribution is 0.381. The molecule has 0 rings (SSSR count). The first-order valence-electron chi connectivity index (χ1n) is 3.88. The van der Waals surface area contributed by atoms with Gasteiger partial charge in [-0.1, -0.05) is 13.8 Å². The highest BCUT2D eigenvalue weighted by Crippen LogP contribution is 1.97. The van der Waals surface area contributed by atoms with Crippen LogP contribution in [0, 0.1) is 5.92 Å². The molecule has 0 aliphatic rings. The van der Waals surface area contributed by atoms with E-state index in [4.69, 9.17) is 29.0 Å². The molecule has 0 aromatic rings. The molecule has 0 atom stereocenters. The molecule has 0 aromatic heterocycles. The Morgan fingerprint density at radius 2 is 1.71 bits per heavy atom.